The third-order valence-corrected chi connectivity index (χ3v) is 13.6. The minimum Gasteiger partial charge on any atom is -0.394 e. The van der Waals surface area contributed by atoms with E-state index in [4.69, 9.17) is 18.9 Å². The summed E-state index contributed by atoms with van der Waals surface area (Å²) in [6.45, 7) is 2.78. The van der Waals surface area contributed by atoms with Gasteiger partial charge in [-0.05, 0) is 32.1 Å². The molecular formula is C54H101NO13. The van der Waals surface area contributed by atoms with E-state index in [1.807, 2.05) is 6.08 Å². The van der Waals surface area contributed by atoms with Gasteiger partial charge in [0.25, 0.3) is 0 Å². The largest absolute Gasteiger partial charge is 0.394 e. The highest BCUT2D eigenvalue weighted by atomic mass is 16.7. The number of rotatable bonds is 43. The predicted octanol–water partition coefficient (Wildman–Crippen LogP) is 8.11. The van der Waals surface area contributed by atoms with Gasteiger partial charge in [-0.25, -0.2) is 0 Å². The standard InChI is InChI=1S/C54H101NO13/c1-3-5-7-9-11-13-15-17-19-21-22-24-26-28-30-32-34-36-38-46(59)55-42(43(58)37-35-33-31-29-27-25-23-20-18-16-14-12-10-8-6-4-2)41-65-53-51(64)49(62)52(45(40-57)67-53)68-54-50(63)48(61)47(60)44(39-56)66-54/h27,29,35,37,42-45,47-54,56-58,60-64H,3-26,28,30-34,36,38-41H2,1-2H3,(H,55,59)/b29-27+,37-35+. The van der Waals surface area contributed by atoms with Crippen molar-refractivity contribution in [3.63, 3.8) is 0 Å². The zero-order valence-electron chi connectivity index (χ0n) is 42.6. The van der Waals surface area contributed by atoms with Gasteiger partial charge in [-0.3, -0.25) is 4.79 Å². The van der Waals surface area contributed by atoms with Gasteiger partial charge in [-0.15, -0.1) is 0 Å². The monoisotopic (exact) mass is 972 g/mol. The number of aliphatic hydroxyl groups excluding tert-OH is 8. The van der Waals surface area contributed by atoms with Crippen LogP contribution in [0.1, 0.15) is 219 Å². The molecule has 0 aromatic heterocycles. The van der Waals surface area contributed by atoms with E-state index < -0.39 is 86.8 Å². The van der Waals surface area contributed by atoms with Crippen molar-refractivity contribution in [1.29, 1.82) is 0 Å². The molecule has 9 N–H and O–H groups in total. The van der Waals surface area contributed by atoms with Crippen LogP contribution < -0.4 is 5.32 Å². The Morgan fingerprint density at radius 3 is 1.44 bits per heavy atom. The molecule has 0 aromatic rings. The highest BCUT2D eigenvalue weighted by Crippen LogP contribution is 2.30. The van der Waals surface area contributed by atoms with Crippen LogP contribution in [0.25, 0.3) is 0 Å². The van der Waals surface area contributed by atoms with Crippen molar-refractivity contribution in [3.8, 4) is 0 Å². The molecule has 0 spiro atoms. The molecule has 14 heteroatoms. The lowest BCUT2D eigenvalue weighted by molar-refractivity contribution is -0.359. The molecule has 14 nitrogen and oxygen atoms in total. The zero-order chi connectivity index (χ0) is 49.6. The fourth-order valence-electron chi connectivity index (χ4n) is 9.13. The lowest BCUT2D eigenvalue weighted by atomic mass is 9.97. The van der Waals surface area contributed by atoms with Gasteiger partial charge < -0.3 is 65.1 Å². The Kier molecular flexibility index (Phi) is 37.7. The van der Waals surface area contributed by atoms with Crippen LogP contribution in [0.3, 0.4) is 0 Å². The molecule has 0 radical (unpaired) electrons. The molecule has 400 valence electrons. The van der Waals surface area contributed by atoms with Gasteiger partial charge in [0.1, 0.15) is 48.8 Å². The van der Waals surface area contributed by atoms with Gasteiger partial charge in [0.15, 0.2) is 12.6 Å². The van der Waals surface area contributed by atoms with Crippen molar-refractivity contribution in [2.45, 2.75) is 293 Å². The molecule has 2 fully saturated rings. The molecule has 2 heterocycles. The Labute approximate surface area is 411 Å². The quantitative estimate of drug-likeness (QED) is 0.0208. The summed E-state index contributed by atoms with van der Waals surface area (Å²) >= 11 is 0. The Morgan fingerprint density at radius 2 is 0.941 bits per heavy atom. The van der Waals surface area contributed by atoms with Crippen LogP contribution in [0.4, 0.5) is 0 Å². The molecular weight excluding hydrogens is 871 g/mol. The second-order valence-corrected chi connectivity index (χ2v) is 19.7. The highest BCUT2D eigenvalue weighted by molar-refractivity contribution is 5.76. The van der Waals surface area contributed by atoms with E-state index in [1.165, 1.54) is 154 Å². The summed E-state index contributed by atoms with van der Waals surface area (Å²) in [6.07, 6.45) is 29.3. The number of carbonyl (C=O) groups is 1. The summed E-state index contributed by atoms with van der Waals surface area (Å²) in [7, 11) is 0. The topological polar surface area (TPSA) is 228 Å². The molecule has 0 bridgehead atoms. The maximum absolute atomic E-state index is 13.2. The molecule has 0 saturated carbocycles. The van der Waals surface area contributed by atoms with Crippen molar-refractivity contribution in [2.75, 3.05) is 19.8 Å². The normalized spacial score (nSPS) is 26.5. The maximum atomic E-state index is 13.2. The zero-order valence-corrected chi connectivity index (χ0v) is 42.6. The molecule has 0 aliphatic carbocycles. The van der Waals surface area contributed by atoms with Crippen LogP contribution in [0.2, 0.25) is 0 Å². The van der Waals surface area contributed by atoms with Gasteiger partial charge in [0.05, 0.1) is 32.0 Å². The van der Waals surface area contributed by atoms with Crippen LogP contribution >= 0.6 is 0 Å². The van der Waals surface area contributed by atoms with E-state index in [1.54, 1.807) is 6.08 Å². The molecule has 1 amide bonds. The summed E-state index contributed by atoms with van der Waals surface area (Å²) in [4.78, 5) is 13.2. The van der Waals surface area contributed by atoms with Gasteiger partial charge in [-0.2, -0.15) is 0 Å². The fourth-order valence-corrected chi connectivity index (χ4v) is 9.13. The molecule has 68 heavy (non-hydrogen) atoms. The maximum Gasteiger partial charge on any atom is 0.220 e. The Hall–Kier alpha value is -1.53. The number of aliphatic hydroxyl groups is 8. The summed E-state index contributed by atoms with van der Waals surface area (Å²) in [5.41, 5.74) is 0. The number of hydrogen-bond acceptors (Lipinski definition) is 13. The number of unbranched alkanes of at least 4 members (excludes halogenated alkanes) is 28. The van der Waals surface area contributed by atoms with E-state index in [0.29, 0.717) is 12.8 Å². The van der Waals surface area contributed by atoms with Crippen molar-refractivity contribution in [1.82, 2.24) is 5.32 Å². The molecule has 2 saturated heterocycles. The lowest BCUT2D eigenvalue weighted by Gasteiger charge is -2.46. The first kappa shape index (κ1) is 62.6. The molecule has 12 unspecified atom stereocenters. The highest BCUT2D eigenvalue weighted by Gasteiger charge is 2.51. The second kappa shape index (κ2) is 41.0. The SMILES string of the molecule is CCCCCCCCCCCC/C=C/CC/C=C/C(O)C(COC1OC(CO)C(OC2OC(CO)C(O)C(O)C2O)C(O)C1O)NC(=O)CCCCCCCCCCCCCCCCCCCC. The minimum atomic E-state index is -1.79. The van der Waals surface area contributed by atoms with Crippen molar-refractivity contribution in [3.05, 3.63) is 24.3 Å². The van der Waals surface area contributed by atoms with E-state index in [9.17, 15) is 45.6 Å². The summed E-state index contributed by atoms with van der Waals surface area (Å²) in [5, 5.41) is 86.9. The predicted molar refractivity (Wildman–Crippen MR) is 268 cm³/mol. The number of hydrogen-bond donors (Lipinski definition) is 9. The van der Waals surface area contributed by atoms with E-state index in [-0.39, 0.29) is 18.9 Å². The third kappa shape index (κ3) is 27.3. The molecule has 0 aromatic carbocycles. The first-order valence-electron chi connectivity index (χ1n) is 27.6. The van der Waals surface area contributed by atoms with Gasteiger partial charge in [0.2, 0.25) is 5.91 Å². The van der Waals surface area contributed by atoms with Crippen LogP contribution in [0, 0.1) is 0 Å². The van der Waals surface area contributed by atoms with E-state index in [2.05, 4.69) is 31.3 Å². The van der Waals surface area contributed by atoms with Crippen LogP contribution in [0.5, 0.6) is 0 Å². The van der Waals surface area contributed by atoms with E-state index >= 15 is 0 Å². The van der Waals surface area contributed by atoms with Crippen LogP contribution in [-0.4, -0.2) is 140 Å². The number of carbonyl (C=O) groups excluding carboxylic acids is 1. The minimum absolute atomic E-state index is 0.246. The fraction of sp³-hybridized carbons (Fsp3) is 0.907. The summed E-state index contributed by atoms with van der Waals surface area (Å²) in [6, 6.07) is -0.926. The summed E-state index contributed by atoms with van der Waals surface area (Å²) < 4.78 is 22.7. The number of amides is 1. The Balaban J connectivity index is 1.82. The van der Waals surface area contributed by atoms with Crippen molar-refractivity contribution >= 4 is 5.91 Å². The van der Waals surface area contributed by atoms with Gasteiger partial charge >= 0.3 is 0 Å². The number of allylic oxidation sites excluding steroid dienone is 3. The smallest absolute Gasteiger partial charge is 0.220 e. The third-order valence-electron chi connectivity index (χ3n) is 13.6. The molecule has 12 atom stereocenters. The number of ether oxygens (including phenoxy) is 4. The van der Waals surface area contributed by atoms with Crippen LogP contribution in [0.15, 0.2) is 24.3 Å². The first-order valence-corrected chi connectivity index (χ1v) is 27.6. The second-order valence-electron chi connectivity index (χ2n) is 19.7. The lowest BCUT2D eigenvalue weighted by Crippen LogP contribution is -2.65. The number of nitrogens with one attached hydrogen (secondary N) is 1. The summed E-state index contributed by atoms with van der Waals surface area (Å²) in [5.74, 6) is -0.246. The Morgan fingerprint density at radius 1 is 0.515 bits per heavy atom. The van der Waals surface area contributed by atoms with Crippen LogP contribution in [-0.2, 0) is 23.7 Å². The molecule has 2 aliphatic heterocycles. The van der Waals surface area contributed by atoms with Gasteiger partial charge in [0, 0.05) is 6.42 Å². The van der Waals surface area contributed by atoms with Crippen molar-refractivity contribution < 1.29 is 64.6 Å². The Bertz CT molecular complexity index is 1240. The van der Waals surface area contributed by atoms with Gasteiger partial charge in [-0.1, -0.05) is 205 Å². The average molecular weight is 972 g/mol. The first-order chi connectivity index (χ1) is 33.1. The van der Waals surface area contributed by atoms with E-state index in [0.717, 1.165) is 32.1 Å². The average Bonchev–Trinajstić information content (AvgIpc) is 3.34. The molecule has 2 aliphatic rings. The van der Waals surface area contributed by atoms with Crippen molar-refractivity contribution in [2.24, 2.45) is 0 Å². The molecule has 2 rings (SSSR count).